The van der Waals surface area contributed by atoms with Gasteiger partial charge in [0, 0.05) is 5.75 Å². The zero-order valence-corrected chi connectivity index (χ0v) is 9.75. The Bertz CT molecular complexity index is 121. The number of rotatable bonds is 6. The van der Waals surface area contributed by atoms with Gasteiger partial charge in [-0.15, -0.1) is 0 Å². The number of nitrogens with two attached hydrogens (primary N) is 1. The van der Waals surface area contributed by atoms with Crippen LogP contribution in [0.5, 0.6) is 0 Å². The van der Waals surface area contributed by atoms with E-state index in [1.165, 1.54) is 0 Å². The summed E-state index contributed by atoms with van der Waals surface area (Å²) in [6.45, 7) is 7.84. The van der Waals surface area contributed by atoms with Crippen LogP contribution in [0.15, 0.2) is 0 Å². The Morgan fingerprint density at radius 2 is 1.46 bits per heavy atom. The van der Waals surface area contributed by atoms with E-state index in [0.29, 0.717) is 5.75 Å². The lowest BCUT2D eigenvalue weighted by Gasteiger charge is -2.26. The Hall–Kier alpha value is 0.230. The van der Waals surface area contributed by atoms with Crippen molar-refractivity contribution >= 4 is 12.6 Å². The second-order valence-electron chi connectivity index (χ2n) is 3.58. The highest BCUT2D eigenvalue weighted by Gasteiger charge is 2.20. The predicted molar refractivity (Wildman–Crippen MR) is 58.1 cm³/mol. The first kappa shape index (κ1) is 13.2. The van der Waals surface area contributed by atoms with Crippen LogP contribution in [0.1, 0.15) is 27.7 Å². The molecule has 1 unspecified atom stereocenters. The van der Waals surface area contributed by atoms with E-state index in [1.807, 2.05) is 27.7 Å². The quantitative estimate of drug-likeness (QED) is 0.511. The van der Waals surface area contributed by atoms with Gasteiger partial charge in [0.15, 0.2) is 6.29 Å². The van der Waals surface area contributed by atoms with Crippen LogP contribution in [0, 0.1) is 0 Å². The van der Waals surface area contributed by atoms with Crippen LogP contribution >= 0.6 is 12.6 Å². The highest BCUT2D eigenvalue weighted by Crippen LogP contribution is 2.08. The molecule has 80 valence electrons. The zero-order chi connectivity index (χ0) is 10.4. The number of hydrogen-bond donors (Lipinski definition) is 2. The third kappa shape index (κ3) is 6.32. The summed E-state index contributed by atoms with van der Waals surface area (Å²) in [5, 5.41) is 0. The summed E-state index contributed by atoms with van der Waals surface area (Å²) in [5.41, 5.74) is 5.79. The molecule has 0 fully saturated rings. The molecule has 1 atom stereocenters. The fourth-order valence-electron chi connectivity index (χ4n) is 0.856. The molecular formula is C9H21NO2S. The van der Waals surface area contributed by atoms with Crippen molar-refractivity contribution in [2.24, 2.45) is 5.73 Å². The minimum absolute atomic E-state index is 0.120. The van der Waals surface area contributed by atoms with Gasteiger partial charge in [0.05, 0.1) is 18.2 Å². The molecule has 0 rings (SSSR count). The molecule has 0 radical (unpaired) electrons. The average Bonchev–Trinajstić information content (AvgIpc) is 2.00. The van der Waals surface area contributed by atoms with Crippen LogP contribution in [-0.2, 0) is 9.47 Å². The highest BCUT2D eigenvalue weighted by molar-refractivity contribution is 7.80. The Labute approximate surface area is 86.4 Å². The van der Waals surface area contributed by atoms with Crippen molar-refractivity contribution in [3.05, 3.63) is 0 Å². The minimum atomic E-state index is -0.350. The van der Waals surface area contributed by atoms with Gasteiger partial charge in [-0.05, 0) is 27.7 Å². The van der Waals surface area contributed by atoms with E-state index in [9.17, 15) is 0 Å². The number of hydrogen-bond acceptors (Lipinski definition) is 4. The van der Waals surface area contributed by atoms with Gasteiger partial charge >= 0.3 is 0 Å². The molecule has 2 N–H and O–H groups in total. The van der Waals surface area contributed by atoms with Crippen molar-refractivity contribution in [3.63, 3.8) is 0 Å². The lowest BCUT2D eigenvalue weighted by molar-refractivity contribution is -0.187. The minimum Gasteiger partial charge on any atom is -0.348 e. The average molecular weight is 207 g/mol. The second-order valence-corrected chi connectivity index (χ2v) is 3.95. The van der Waals surface area contributed by atoms with E-state index in [0.717, 1.165) is 0 Å². The summed E-state index contributed by atoms with van der Waals surface area (Å²) in [6, 6.07) is -0.173. The van der Waals surface area contributed by atoms with Crippen molar-refractivity contribution in [3.8, 4) is 0 Å². The van der Waals surface area contributed by atoms with Gasteiger partial charge in [0.25, 0.3) is 0 Å². The van der Waals surface area contributed by atoms with Gasteiger partial charge < -0.3 is 15.2 Å². The highest BCUT2D eigenvalue weighted by atomic mass is 32.1. The first-order chi connectivity index (χ1) is 5.97. The summed E-state index contributed by atoms with van der Waals surface area (Å²) >= 11 is 4.11. The third-order valence-corrected chi connectivity index (χ3v) is 1.79. The first-order valence-electron chi connectivity index (χ1n) is 4.64. The van der Waals surface area contributed by atoms with Crippen LogP contribution in [0.25, 0.3) is 0 Å². The monoisotopic (exact) mass is 207 g/mol. The molecule has 0 aliphatic heterocycles. The molecule has 13 heavy (non-hydrogen) atoms. The molecule has 4 heteroatoms. The van der Waals surface area contributed by atoms with Crippen LogP contribution in [0.4, 0.5) is 0 Å². The SMILES string of the molecule is CC(C)OC(OC(C)C)C(N)CS. The van der Waals surface area contributed by atoms with Gasteiger partial charge in [0.2, 0.25) is 0 Å². The first-order valence-corrected chi connectivity index (χ1v) is 5.28. The topological polar surface area (TPSA) is 44.5 Å². The molecule has 0 heterocycles. The van der Waals surface area contributed by atoms with Crippen molar-refractivity contribution in [1.29, 1.82) is 0 Å². The lowest BCUT2D eigenvalue weighted by Crippen LogP contribution is -2.42. The van der Waals surface area contributed by atoms with Crippen LogP contribution in [-0.4, -0.2) is 30.3 Å². The molecule has 0 saturated carbocycles. The van der Waals surface area contributed by atoms with E-state index >= 15 is 0 Å². The smallest absolute Gasteiger partial charge is 0.173 e. The fourth-order valence-corrected chi connectivity index (χ4v) is 1.03. The summed E-state index contributed by atoms with van der Waals surface area (Å²) in [4.78, 5) is 0. The molecule has 0 aromatic heterocycles. The molecule has 0 spiro atoms. The van der Waals surface area contributed by atoms with E-state index in [-0.39, 0.29) is 24.5 Å². The molecule has 0 aliphatic carbocycles. The molecule has 0 aromatic carbocycles. The number of thiol groups is 1. The van der Waals surface area contributed by atoms with Gasteiger partial charge in [0.1, 0.15) is 0 Å². The Balaban J connectivity index is 4.02. The number of ether oxygens (including phenoxy) is 2. The Morgan fingerprint density at radius 1 is 1.08 bits per heavy atom. The Morgan fingerprint density at radius 3 is 1.69 bits per heavy atom. The molecule has 0 bridgehead atoms. The van der Waals surface area contributed by atoms with E-state index < -0.39 is 0 Å². The molecule has 0 saturated heterocycles. The summed E-state index contributed by atoms with van der Waals surface area (Å²) in [6.07, 6.45) is -0.109. The maximum absolute atomic E-state index is 5.79. The second kappa shape index (κ2) is 6.65. The molecule has 0 aliphatic rings. The Kier molecular flexibility index (Phi) is 6.77. The summed E-state index contributed by atoms with van der Waals surface area (Å²) in [7, 11) is 0. The lowest BCUT2D eigenvalue weighted by atomic mass is 10.3. The van der Waals surface area contributed by atoms with Crippen LogP contribution in [0.3, 0.4) is 0 Å². The zero-order valence-electron chi connectivity index (χ0n) is 8.86. The van der Waals surface area contributed by atoms with E-state index in [4.69, 9.17) is 15.2 Å². The van der Waals surface area contributed by atoms with E-state index in [2.05, 4.69) is 12.6 Å². The maximum Gasteiger partial charge on any atom is 0.173 e. The van der Waals surface area contributed by atoms with Gasteiger partial charge in [-0.25, -0.2) is 0 Å². The fraction of sp³-hybridized carbons (Fsp3) is 1.00. The molecule has 3 nitrogen and oxygen atoms in total. The normalized spacial score (nSPS) is 14.5. The molecular weight excluding hydrogens is 186 g/mol. The molecule has 0 amide bonds. The van der Waals surface area contributed by atoms with Gasteiger partial charge in [-0.3, -0.25) is 0 Å². The van der Waals surface area contributed by atoms with Crippen molar-refractivity contribution in [2.75, 3.05) is 5.75 Å². The van der Waals surface area contributed by atoms with Gasteiger partial charge in [-0.2, -0.15) is 12.6 Å². The summed E-state index contributed by atoms with van der Waals surface area (Å²) in [5.74, 6) is 0.560. The summed E-state index contributed by atoms with van der Waals surface area (Å²) < 4.78 is 11.0. The maximum atomic E-state index is 5.79. The predicted octanol–water partition coefficient (Wildman–Crippen LogP) is 1.42. The molecule has 0 aromatic rings. The standard InChI is InChI=1S/C9H21NO2S/c1-6(2)11-9(8(10)5-13)12-7(3)4/h6-9,13H,5,10H2,1-4H3. The van der Waals surface area contributed by atoms with Crippen molar-refractivity contribution < 1.29 is 9.47 Å². The van der Waals surface area contributed by atoms with Crippen LogP contribution < -0.4 is 5.73 Å². The van der Waals surface area contributed by atoms with Crippen LogP contribution in [0.2, 0.25) is 0 Å². The third-order valence-electron chi connectivity index (χ3n) is 1.37. The van der Waals surface area contributed by atoms with Crippen molar-refractivity contribution in [1.82, 2.24) is 0 Å². The largest absolute Gasteiger partial charge is 0.348 e. The van der Waals surface area contributed by atoms with Crippen molar-refractivity contribution in [2.45, 2.75) is 52.2 Å². The van der Waals surface area contributed by atoms with Gasteiger partial charge in [-0.1, -0.05) is 0 Å². The van der Waals surface area contributed by atoms with E-state index in [1.54, 1.807) is 0 Å².